The van der Waals surface area contributed by atoms with Crippen LogP contribution < -0.4 is 19.5 Å². The summed E-state index contributed by atoms with van der Waals surface area (Å²) in [5, 5.41) is 2.99. The highest BCUT2D eigenvalue weighted by molar-refractivity contribution is 7.93. The Labute approximate surface area is 137 Å². The number of hydrogen-bond donors (Lipinski definition) is 3. The topological polar surface area (TPSA) is 114 Å². The highest BCUT2D eigenvalue weighted by atomic mass is 32.2. The van der Waals surface area contributed by atoms with Crippen molar-refractivity contribution >= 4 is 25.7 Å². The fourth-order valence-electron chi connectivity index (χ4n) is 1.72. The molecule has 23 heavy (non-hydrogen) atoms. The minimum Gasteiger partial charge on any atom is -0.497 e. The lowest BCUT2D eigenvalue weighted by atomic mass is 10.3. The van der Waals surface area contributed by atoms with Crippen LogP contribution >= 0.6 is 0 Å². The van der Waals surface area contributed by atoms with Crippen molar-refractivity contribution in [2.24, 2.45) is 0 Å². The van der Waals surface area contributed by atoms with Gasteiger partial charge in [0.2, 0.25) is 20.0 Å². The molecule has 0 heterocycles. The van der Waals surface area contributed by atoms with Crippen molar-refractivity contribution in [3.63, 3.8) is 0 Å². The second kappa shape index (κ2) is 8.48. The van der Waals surface area contributed by atoms with Gasteiger partial charge in [-0.1, -0.05) is 6.92 Å². The number of anilines is 1. The Bertz CT molecular complexity index is 717. The average molecular weight is 365 g/mol. The number of nitrogens with one attached hydrogen (secondary N) is 3. The van der Waals surface area contributed by atoms with Crippen LogP contribution in [0.3, 0.4) is 0 Å². The Balaban J connectivity index is 3.13. The first kappa shape index (κ1) is 19.7. The smallest absolute Gasteiger partial charge is 0.242 e. The van der Waals surface area contributed by atoms with E-state index in [0.29, 0.717) is 12.3 Å². The highest BCUT2D eigenvalue weighted by Gasteiger charge is 2.21. The van der Waals surface area contributed by atoms with Crippen LogP contribution in [0.2, 0.25) is 0 Å². The molecule has 0 saturated carbocycles. The third-order valence-electron chi connectivity index (χ3n) is 2.97. The number of sulfonamides is 2. The molecule has 0 fully saturated rings. The zero-order valence-electron chi connectivity index (χ0n) is 13.4. The summed E-state index contributed by atoms with van der Waals surface area (Å²) in [6, 6.07) is 4.11. The summed E-state index contributed by atoms with van der Waals surface area (Å²) in [7, 11) is -6.06. The molecule has 0 spiro atoms. The predicted octanol–water partition coefficient (Wildman–Crippen LogP) is 0.345. The molecule has 0 saturated heterocycles. The van der Waals surface area contributed by atoms with Crippen molar-refractivity contribution < 1.29 is 21.6 Å². The SMILES string of the molecule is CCNCCNS(=O)(=O)c1ccc(OC)cc1NS(=O)(=O)CC. The monoisotopic (exact) mass is 365 g/mol. The van der Waals surface area contributed by atoms with Crippen LogP contribution in [0.1, 0.15) is 13.8 Å². The molecule has 0 aromatic heterocycles. The van der Waals surface area contributed by atoms with E-state index in [2.05, 4.69) is 14.8 Å². The van der Waals surface area contributed by atoms with Gasteiger partial charge in [-0.2, -0.15) is 0 Å². The number of ether oxygens (including phenoxy) is 1. The molecule has 1 aromatic rings. The van der Waals surface area contributed by atoms with Crippen LogP contribution in [0, 0.1) is 0 Å². The third-order valence-corrected chi connectivity index (χ3v) is 5.78. The van der Waals surface area contributed by atoms with Gasteiger partial charge in [0.15, 0.2) is 0 Å². The number of methoxy groups -OCH3 is 1. The Hall–Kier alpha value is -1.36. The number of benzene rings is 1. The normalized spacial score (nSPS) is 12.1. The van der Waals surface area contributed by atoms with E-state index in [1.807, 2.05) is 6.92 Å². The first-order valence-electron chi connectivity index (χ1n) is 7.14. The van der Waals surface area contributed by atoms with E-state index in [9.17, 15) is 16.8 Å². The molecule has 0 radical (unpaired) electrons. The van der Waals surface area contributed by atoms with Gasteiger partial charge in [-0.3, -0.25) is 4.72 Å². The molecule has 3 N–H and O–H groups in total. The quantitative estimate of drug-likeness (QED) is 0.516. The van der Waals surface area contributed by atoms with Gasteiger partial charge in [0.25, 0.3) is 0 Å². The minimum atomic E-state index is -3.85. The molecular formula is C13H23N3O5S2. The second-order valence-corrected chi connectivity index (χ2v) is 8.37. The first-order valence-corrected chi connectivity index (χ1v) is 10.3. The summed E-state index contributed by atoms with van der Waals surface area (Å²) in [6.07, 6.45) is 0. The highest BCUT2D eigenvalue weighted by Crippen LogP contribution is 2.27. The summed E-state index contributed by atoms with van der Waals surface area (Å²) in [5.74, 6) is 0.183. The molecule has 8 nitrogen and oxygen atoms in total. The molecular weight excluding hydrogens is 342 g/mol. The first-order chi connectivity index (χ1) is 10.8. The summed E-state index contributed by atoms with van der Waals surface area (Å²) in [6.45, 7) is 4.77. The molecule has 0 aliphatic rings. The molecule has 0 unspecified atom stereocenters. The molecule has 0 aliphatic carbocycles. The van der Waals surface area contributed by atoms with Crippen LogP contribution in [-0.4, -0.2) is 49.3 Å². The van der Waals surface area contributed by atoms with Crippen molar-refractivity contribution in [1.82, 2.24) is 10.0 Å². The number of likely N-dealkylation sites (N-methyl/N-ethyl adjacent to an activating group) is 1. The van der Waals surface area contributed by atoms with Gasteiger partial charge in [-0.15, -0.1) is 0 Å². The van der Waals surface area contributed by atoms with Gasteiger partial charge < -0.3 is 10.1 Å². The van der Waals surface area contributed by atoms with E-state index in [-0.39, 0.29) is 22.9 Å². The predicted molar refractivity (Wildman–Crippen MR) is 89.8 cm³/mol. The Morgan fingerprint density at radius 1 is 1.09 bits per heavy atom. The number of hydrogen-bond acceptors (Lipinski definition) is 6. The lowest BCUT2D eigenvalue weighted by Crippen LogP contribution is -2.32. The molecule has 0 aliphatic heterocycles. The lowest BCUT2D eigenvalue weighted by Gasteiger charge is -2.14. The van der Waals surface area contributed by atoms with Gasteiger partial charge in [0.05, 0.1) is 18.6 Å². The van der Waals surface area contributed by atoms with Gasteiger partial charge in [-0.25, -0.2) is 21.6 Å². The van der Waals surface area contributed by atoms with Crippen LogP contribution in [0.4, 0.5) is 5.69 Å². The zero-order chi connectivity index (χ0) is 17.5. The second-order valence-electron chi connectivity index (χ2n) is 4.62. The van der Waals surface area contributed by atoms with Gasteiger partial charge >= 0.3 is 0 Å². The number of rotatable bonds is 10. The summed E-state index contributed by atoms with van der Waals surface area (Å²) < 4.78 is 58.0. The van der Waals surface area contributed by atoms with E-state index in [4.69, 9.17) is 4.74 Å². The molecule has 1 aromatic carbocycles. The maximum atomic E-state index is 12.4. The maximum Gasteiger partial charge on any atom is 0.242 e. The standard InChI is InChI=1S/C13H23N3O5S2/c1-4-14-8-9-15-23(19,20)13-7-6-11(21-3)10-12(13)16-22(17,18)5-2/h6-7,10,14-16H,4-5,8-9H2,1-3H3. The maximum absolute atomic E-state index is 12.4. The largest absolute Gasteiger partial charge is 0.497 e. The third kappa shape index (κ3) is 5.98. The summed E-state index contributed by atoms with van der Waals surface area (Å²) in [4.78, 5) is -0.146. The Morgan fingerprint density at radius 2 is 1.78 bits per heavy atom. The summed E-state index contributed by atoms with van der Waals surface area (Å²) in [5.41, 5.74) is -0.0397. The van der Waals surface area contributed by atoms with Crippen LogP contribution in [0.5, 0.6) is 5.75 Å². The van der Waals surface area contributed by atoms with E-state index < -0.39 is 20.0 Å². The van der Waals surface area contributed by atoms with Crippen molar-refractivity contribution in [1.29, 1.82) is 0 Å². The van der Waals surface area contributed by atoms with Gasteiger partial charge in [0, 0.05) is 19.2 Å². The molecule has 0 bridgehead atoms. The summed E-state index contributed by atoms with van der Waals surface area (Å²) >= 11 is 0. The lowest BCUT2D eigenvalue weighted by molar-refractivity contribution is 0.414. The van der Waals surface area contributed by atoms with Crippen molar-refractivity contribution in [2.75, 3.05) is 37.2 Å². The molecule has 0 amide bonds. The van der Waals surface area contributed by atoms with Crippen molar-refractivity contribution in [3.8, 4) is 5.75 Å². The van der Waals surface area contributed by atoms with Crippen LogP contribution in [0.25, 0.3) is 0 Å². The fourth-order valence-corrected chi connectivity index (χ4v) is 3.60. The Morgan fingerprint density at radius 3 is 2.35 bits per heavy atom. The average Bonchev–Trinajstić information content (AvgIpc) is 2.51. The fraction of sp³-hybridized carbons (Fsp3) is 0.538. The minimum absolute atomic E-state index is 0.0397. The van der Waals surface area contributed by atoms with E-state index >= 15 is 0 Å². The zero-order valence-corrected chi connectivity index (χ0v) is 15.1. The van der Waals surface area contributed by atoms with Gasteiger partial charge in [-0.05, 0) is 25.6 Å². The Kier molecular flexibility index (Phi) is 7.26. The molecule has 1 rings (SSSR count). The van der Waals surface area contributed by atoms with Crippen molar-refractivity contribution in [3.05, 3.63) is 18.2 Å². The van der Waals surface area contributed by atoms with E-state index in [1.165, 1.54) is 32.2 Å². The van der Waals surface area contributed by atoms with E-state index in [1.54, 1.807) is 0 Å². The van der Waals surface area contributed by atoms with Crippen LogP contribution in [-0.2, 0) is 20.0 Å². The molecule has 132 valence electrons. The molecule has 0 atom stereocenters. The van der Waals surface area contributed by atoms with Gasteiger partial charge in [0.1, 0.15) is 10.6 Å². The van der Waals surface area contributed by atoms with Crippen molar-refractivity contribution in [2.45, 2.75) is 18.7 Å². The van der Waals surface area contributed by atoms with E-state index in [0.717, 1.165) is 6.54 Å². The molecule has 10 heteroatoms. The van der Waals surface area contributed by atoms with Crippen LogP contribution in [0.15, 0.2) is 23.1 Å².